The lowest BCUT2D eigenvalue weighted by atomic mass is 10.1. The quantitative estimate of drug-likeness (QED) is 0.609. The van der Waals surface area contributed by atoms with Crippen molar-refractivity contribution >= 4 is 12.1 Å². The van der Waals surface area contributed by atoms with Crippen LogP contribution in [0.4, 0.5) is 4.79 Å². The number of methoxy groups -OCH3 is 1. The number of carbonyl (C=O) groups is 1. The van der Waals surface area contributed by atoms with E-state index in [9.17, 15) is 4.79 Å². The van der Waals surface area contributed by atoms with E-state index in [4.69, 9.17) is 14.5 Å². The van der Waals surface area contributed by atoms with Crippen molar-refractivity contribution in [2.45, 2.75) is 27.2 Å². The van der Waals surface area contributed by atoms with Crippen molar-refractivity contribution in [3.63, 3.8) is 0 Å². The average Bonchev–Trinajstić information content (AvgIpc) is 2.69. The molecule has 1 aliphatic heterocycles. The molecule has 0 spiro atoms. The van der Waals surface area contributed by atoms with E-state index >= 15 is 0 Å². The first kappa shape index (κ1) is 20.9. The molecule has 1 saturated heterocycles. The van der Waals surface area contributed by atoms with Crippen LogP contribution in [0.1, 0.15) is 25.0 Å². The minimum atomic E-state index is -0.229. The Morgan fingerprint density at radius 2 is 1.89 bits per heavy atom. The topological polar surface area (TPSA) is 66.4 Å². The largest absolute Gasteiger partial charge is 0.496 e. The number of nitrogens with zero attached hydrogens (tertiary/aromatic N) is 3. The maximum Gasteiger partial charge on any atom is 0.409 e. The molecule has 1 aromatic rings. The van der Waals surface area contributed by atoms with Crippen LogP contribution in [0.25, 0.3) is 0 Å². The normalized spacial score (nSPS) is 14.9. The highest BCUT2D eigenvalue weighted by molar-refractivity contribution is 5.80. The van der Waals surface area contributed by atoms with E-state index in [0.717, 1.165) is 43.3 Å². The van der Waals surface area contributed by atoms with Gasteiger partial charge in [0.2, 0.25) is 0 Å². The third-order valence-corrected chi connectivity index (χ3v) is 4.57. The fourth-order valence-corrected chi connectivity index (χ4v) is 3.05. The Labute approximate surface area is 162 Å². The first-order valence-electron chi connectivity index (χ1n) is 9.67. The van der Waals surface area contributed by atoms with Crippen LogP contribution in [-0.4, -0.2) is 74.8 Å². The van der Waals surface area contributed by atoms with Crippen molar-refractivity contribution in [1.82, 2.24) is 15.1 Å². The molecular weight excluding hydrogens is 344 g/mol. The number of aliphatic imine (C=N–C) groups is 1. The molecule has 1 aliphatic rings. The molecule has 0 aliphatic carbocycles. The maximum atomic E-state index is 11.8. The molecule has 0 aromatic heterocycles. The number of hydrogen-bond donors (Lipinski definition) is 1. The molecule has 0 saturated carbocycles. The zero-order valence-electron chi connectivity index (χ0n) is 17.0. The Kier molecular flexibility index (Phi) is 8.23. The highest BCUT2D eigenvalue weighted by atomic mass is 16.6. The second-order valence-electron chi connectivity index (χ2n) is 6.46. The number of amides is 1. The van der Waals surface area contributed by atoms with Gasteiger partial charge < -0.3 is 24.6 Å². The van der Waals surface area contributed by atoms with Gasteiger partial charge in [-0.15, -0.1) is 0 Å². The fourth-order valence-electron chi connectivity index (χ4n) is 3.05. The molecule has 2 rings (SSSR count). The number of benzene rings is 1. The molecular formula is C20H32N4O3. The van der Waals surface area contributed by atoms with Crippen molar-refractivity contribution in [3.05, 3.63) is 29.3 Å². The van der Waals surface area contributed by atoms with Crippen molar-refractivity contribution in [2.24, 2.45) is 4.99 Å². The summed E-state index contributed by atoms with van der Waals surface area (Å²) in [5, 5.41) is 3.36. The standard InChI is InChI=1S/C20H32N4O3/c1-5-21-19(23-11-13-24(14-12-23)20(25)27-6-2)22-10-9-17-8-7-16(3)18(15-17)26-4/h7-8,15H,5-6,9-14H2,1-4H3,(H,21,22). The van der Waals surface area contributed by atoms with Crippen molar-refractivity contribution in [3.8, 4) is 5.75 Å². The highest BCUT2D eigenvalue weighted by Gasteiger charge is 2.23. The van der Waals surface area contributed by atoms with E-state index in [0.29, 0.717) is 26.2 Å². The van der Waals surface area contributed by atoms with E-state index in [2.05, 4.69) is 35.3 Å². The molecule has 0 bridgehead atoms. The Hall–Kier alpha value is -2.44. The van der Waals surface area contributed by atoms with Gasteiger partial charge in [-0.25, -0.2) is 4.79 Å². The monoisotopic (exact) mass is 376 g/mol. The summed E-state index contributed by atoms with van der Waals surface area (Å²) in [4.78, 5) is 20.6. The second-order valence-corrected chi connectivity index (χ2v) is 6.46. The van der Waals surface area contributed by atoms with Crippen LogP contribution < -0.4 is 10.1 Å². The SMILES string of the molecule is CCNC(=NCCc1ccc(C)c(OC)c1)N1CCN(C(=O)OCC)CC1. The third kappa shape index (κ3) is 6.05. The number of hydrogen-bond acceptors (Lipinski definition) is 4. The van der Waals surface area contributed by atoms with Crippen LogP contribution in [0.2, 0.25) is 0 Å². The fraction of sp³-hybridized carbons (Fsp3) is 0.600. The molecule has 7 heteroatoms. The van der Waals surface area contributed by atoms with Crippen molar-refractivity contribution < 1.29 is 14.3 Å². The first-order valence-corrected chi connectivity index (χ1v) is 9.67. The second kappa shape index (κ2) is 10.6. The van der Waals surface area contributed by atoms with E-state index < -0.39 is 0 Å². The van der Waals surface area contributed by atoms with Crippen LogP contribution in [0.3, 0.4) is 0 Å². The number of rotatable bonds is 6. The molecule has 1 heterocycles. The summed E-state index contributed by atoms with van der Waals surface area (Å²) in [6.45, 7) is 10.7. The summed E-state index contributed by atoms with van der Waals surface area (Å²) >= 11 is 0. The molecule has 0 unspecified atom stereocenters. The molecule has 0 radical (unpaired) electrons. The number of ether oxygens (including phenoxy) is 2. The van der Waals surface area contributed by atoms with Crippen molar-refractivity contribution in [2.75, 3.05) is 53.0 Å². The number of guanidine groups is 1. The van der Waals surface area contributed by atoms with Gasteiger partial charge in [0, 0.05) is 39.3 Å². The summed E-state index contributed by atoms with van der Waals surface area (Å²) in [5.74, 6) is 1.82. The van der Waals surface area contributed by atoms with E-state index in [1.165, 1.54) is 5.56 Å². The summed E-state index contributed by atoms with van der Waals surface area (Å²) in [5.41, 5.74) is 2.35. The molecule has 0 atom stereocenters. The minimum Gasteiger partial charge on any atom is -0.496 e. The number of nitrogens with one attached hydrogen (secondary N) is 1. The van der Waals surface area contributed by atoms with Gasteiger partial charge in [-0.05, 0) is 44.4 Å². The summed E-state index contributed by atoms with van der Waals surface area (Å²) in [6.07, 6.45) is 0.626. The predicted octanol–water partition coefficient (Wildman–Crippen LogP) is 2.29. The van der Waals surface area contributed by atoms with Gasteiger partial charge in [-0.2, -0.15) is 0 Å². The molecule has 7 nitrogen and oxygen atoms in total. The van der Waals surface area contributed by atoms with Gasteiger partial charge in [0.1, 0.15) is 5.75 Å². The summed E-state index contributed by atoms with van der Waals surface area (Å²) in [6, 6.07) is 6.28. The summed E-state index contributed by atoms with van der Waals surface area (Å²) < 4.78 is 10.5. The van der Waals surface area contributed by atoms with Gasteiger partial charge >= 0.3 is 6.09 Å². The number of piperazine rings is 1. The van der Waals surface area contributed by atoms with Crippen LogP contribution in [0.5, 0.6) is 5.75 Å². The number of aryl methyl sites for hydroxylation is 1. The predicted molar refractivity (Wildman–Crippen MR) is 108 cm³/mol. The van der Waals surface area contributed by atoms with E-state index in [1.807, 2.05) is 13.8 Å². The minimum absolute atomic E-state index is 0.229. The van der Waals surface area contributed by atoms with E-state index in [-0.39, 0.29) is 6.09 Å². The Bertz CT molecular complexity index is 640. The van der Waals surface area contributed by atoms with Crippen LogP contribution >= 0.6 is 0 Å². The lowest BCUT2D eigenvalue weighted by Gasteiger charge is -2.35. The highest BCUT2D eigenvalue weighted by Crippen LogP contribution is 2.19. The molecule has 1 fully saturated rings. The van der Waals surface area contributed by atoms with Gasteiger partial charge in [0.15, 0.2) is 5.96 Å². The molecule has 150 valence electrons. The Morgan fingerprint density at radius 3 is 2.52 bits per heavy atom. The van der Waals surface area contributed by atoms with Gasteiger partial charge in [0.25, 0.3) is 0 Å². The Morgan fingerprint density at radius 1 is 1.19 bits per heavy atom. The zero-order valence-corrected chi connectivity index (χ0v) is 17.0. The molecule has 1 N–H and O–H groups in total. The maximum absolute atomic E-state index is 11.8. The van der Waals surface area contributed by atoms with Gasteiger partial charge in [0.05, 0.1) is 13.7 Å². The number of carbonyl (C=O) groups excluding carboxylic acids is 1. The zero-order chi connectivity index (χ0) is 19.6. The summed E-state index contributed by atoms with van der Waals surface area (Å²) in [7, 11) is 1.70. The first-order chi connectivity index (χ1) is 13.1. The van der Waals surface area contributed by atoms with E-state index in [1.54, 1.807) is 12.0 Å². The van der Waals surface area contributed by atoms with Crippen LogP contribution in [0.15, 0.2) is 23.2 Å². The Balaban J connectivity index is 1.92. The van der Waals surface area contributed by atoms with Gasteiger partial charge in [-0.3, -0.25) is 4.99 Å². The van der Waals surface area contributed by atoms with Crippen LogP contribution in [0, 0.1) is 6.92 Å². The average molecular weight is 377 g/mol. The lowest BCUT2D eigenvalue weighted by Crippen LogP contribution is -2.54. The van der Waals surface area contributed by atoms with Crippen LogP contribution in [-0.2, 0) is 11.2 Å². The third-order valence-electron chi connectivity index (χ3n) is 4.57. The molecule has 1 aromatic carbocycles. The van der Waals surface area contributed by atoms with Crippen molar-refractivity contribution in [1.29, 1.82) is 0 Å². The lowest BCUT2D eigenvalue weighted by molar-refractivity contribution is 0.0914. The smallest absolute Gasteiger partial charge is 0.409 e. The van der Waals surface area contributed by atoms with Gasteiger partial charge in [-0.1, -0.05) is 12.1 Å². The molecule has 1 amide bonds. The molecule has 27 heavy (non-hydrogen) atoms.